The van der Waals surface area contributed by atoms with Crippen LogP contribution in [0.15, 0.2) is 47.1 Å². The van der Waals surface area contributed by atoms with Gasteiger partial charge in [0.25, 0.3) is 5.69 Å². The molecule has 0 spiro atoms. The van der Waals surface area contributed by atoms with Crippen molar-refractivity contribution < 1.29 is 28.7 Å². The lowest BCUT2D eigenvalue weighted by Gasteiger charge is -2.30. The molecule has 1 aliphatic heterocycles. The van der Waals surface area contributed by atoms with Crippen LogP contribution in [-0.4, -0.2) is 29.6 Å². The number of esters is 2. The molecule has 0 aromatic heterocycles. The van der Waals surface area contributed by atoms with Crippen molar-refractivity contribution in [1.82, 2.24) is 0 Å². The number of non-ortho nitro benzene ring substituents is 1. The number of nitro groups is 1. The number of rotatable bonds is 6. The van der Waals surface area contributed by atoms with Crippen LogP contribution in [0.25, 0.3) is 0 Å². The van der Waals surface area contributed by atoms with E-state index in [2.05, 4.69) is 0 Å². The first-order chi connectivity index (χ1) is 14.8. The van der Waals surface area contributed by atoms with Crippen molar-refractivity contribution in [1.29, 1.82) is 0 Å². The Labute approximate surface area is 180 Å². The number of nitro benzene ring substituents is 1. The van der Waals surface area contributed by atoms with Crippen molar-refractivity contribution >= 4 is 17.6 Å². The second-order valence-electron chi connectivity index (χ2n) is 7.52. The Morgan fingerprint density at radius 2 is 1.90 bits per heavy atom. The number of hydrogen-bond acceptors (Lipinski definition) is 8. The van der Waals surface area contributed by atoms with Crippen molar-refractivity contribution in [2.24, 2.45) is 5.73 Å². The van der Waals surface area contributed by atoms with E-state index in [4.69, 9.17) is 19.9 Å². The van der Waals surface area contributed by atoms with Gasteiger partial charge in [-0.1, -0.05) is 18.6 Å². The van der Waals surface area contributed by atoms with E-state index in [0.29, 0.717) is 5.56 Å². The third-order valence-corrected chi connectivity index (χ3v) is 5.44. The van der Waals surface area contributed by atoms with Gasteiger partial charge in [0.2, 0.25) is 5.88 Å². The van der Waals surface area contributed by atoms with Crippen molar-refractivity contribution in [3.8, 4) is 0 Å². The van der Waals surface area contributed by atoms with Gasteiger partial charge >= 0.3 is 11.9 Å². The highest BCUT2D eigenvalue weighted by molar-refractivity contribution is 5.99. The normalized spacial score (nSPS) is 19.6. The maximum absolute atomic E-state index is 13.2. The van der Waals surface area contributed by atoms with E-state index in [9.17, 15) is 19.7 Å². The summed E-state index contributed by atoms with van der Waals surface area (Å²) in [5.74, 6) is -2.42. The zero-order chi connectivity index (χ0) is 22.5. The van der Waals surface area contributed by atoms with Gasteiger partial charge in [-0.15, -0.1) is 0 Å². The lowest BCUT2D eigenvalue weighted by molar-refractivity contribution is -0.384. The van der Waals surface area contributed by atoms with Crippen LogP contribution in [0, 0.1) is 10.1 Å². The Morgan fingerprint density at radius 1 is 1.19 bits per heavy atom. The summed E-state index contributed by atoms with van der Waals surface area (Å²) < 4.78 is 16.4. The van der Waals surface area contributed by atoms with E-state index in [1.807, 2.05) is 0 Å². The van der Waals surface area contributed by atoms with Crippen LogP contribution < -0.4 is 5.73 Å². The highest BCUT2D eigenvalue weighted by atomic mass is 16.6. The number of hydrogen-bond donors (Lipinski definition) is 1. The zero-order valence-electron chi connectivity index (χ0n) is 17.6. The summed E-state index contributed by atoms with van der Waals surface area (Å²) in [5.41, 5.74) is 6.18. The van der Waals surface area contributed by atoms with Gasteiger partial charge in [0.05, 0.1) is 23.0 Å². The van der Waals surface area contributed by atoms with Gasteiger partial charge < -0.3 is 19.9 Å². The minimum absolute atomic E-state index is 0.0801. The Hall–Kier alpha value is -3.36. The third kappa shape index (κ3) is 4.87. The summed E-state index contributed by atoms with van der Waals surface area (Å²) in [6, 6.07) is 5.72. The van der Waals surface area contributed by atoms with Crippen LogP contribution in [0.2, 0.25) is 0 Å². The second-order valence-corrected chi connectivity index (χ2v) is 7.52. The molecular formula is C22H26N2O7. The molecule has 3 rings (SSSR count). The van der Waals surface area contributed by atoms with E-state index in [1.54, 1.807) is 19.9 Å². The molecule has 0 saturated heterocycles. The van der Waals surface area contributed by atoms with Crippen LogP contribution in [-0.2, 0) is 23.8 Å². The standard InChI is InChI=1S/C22H26N2O7/c1-3-29-21(25)19-18(14-8-7-9-15(12-14)24(27)28)17(13(2)30-20(19)23)22(26)31-16-10-5-4-6-11-16/h7-9,12,16,18H,3-6,10-11,23H2,1-2H3. The van der Waals surface area contributed by atoms with Crippen LogP contribution in [0.1, 0.15) is 57.4 Å². The number of carbonyl (C=O) groups is 2. The van der Waals surface area contributed by atoms with Gasteiger partial charge in [-0.05, 0) is 45.1 Å². The first kappa shape index (κ1) is 22.3. The van der Waals surface area contributed by atoms with Gasteiger partial charge in [0.15, 0.2) is 0 Å². The van der Waals surface area contributed by atoms with Crippen LogP contribution in [0.4, 0.5) is 5.69 Å². The van der Waals surface area contributed by atoms with Gasteiger partial charge in [-0.3, -0.25) is 10.1 Å². The molecule has 9 nitrogen and oxygen atoms in total. The van der Waals surface area contributed by atoms with E-state index in [-0.39, 0.29) is 41.2 Å². The lowest BCUT2D eigenvalue weighted by Crippen LogP contribution is -2.32. The molecule has 1 saturated carbocycles. The minimum Gasteiger partial charge on any atom is -0.462 e. The van der Waals surface area contributed by atoms with E-state index in [0.717, 1.165) is 32.1 Å². The van der Waals surface area contributed by atoms with Crippen molar-refractivity contribution in [2.75, 3.05) is 6.61 Å². The summed E-state index contributed by atoms with van der Waals surface area (Å²) in [5, 5.41) is 11.3. The highest BCUT2D eigenvalue weighted by Crippen LogP contribution is 2.41. The van der Waals surface area contributed by atoms with Crippen molar-refractivity contribution in [2.45, 2.75) is 58.0 Å². The molecule has 2 aliphatic rings. The Bertz CT molecular complexity index is 945. The average molecular weight is 430 g/mol. The SMILES string of the molecule is CCOC(=O)C1=C(N)OC(C)=C(C(=O)OC2CCCCC2)C1c1cccc([N+](=O)[O-])c1. The molecule has 1 aromatic carbocycles. The van der Waals surface area contributed by atoms with Gasteiger partial charge in [0.1, 0.15) is 17.4 Å². The molecule has 166 valence electrons. The summed E-state index contributed by atoms with van der Waals surface area (Å²) in [6.07, 6.45) is 4.36. The summed E-state index contributed by atoms with van der Waals surface area (Å²) in [6.45, 7) is 3.28. The quantitative estimate of drug-likeness (QED) is 0.411. The fourth-order valence-electron chi connectivity index (χ4n) is 4.00. The van der Waals surface area contributed by atoms with E-state index >= 15 is 0 Å². The minimum atomic E-state index is -1.01. The molecule has 9 heteroatoms. The number of carbonyl (C=O) groups excluding carboxylic acids is 2. The Kier molecular flexibility index (Phi) is 6.94. The zero-order valence-corrected chi connectivity index (χ0v) is 17.6. The van der Waals surface area contributed by atoms with Gasteiger partial charge in [0, 0.05) is 12.1 Å². The molecular weight excluding hydrogens is 404 g/mol. The molecule has 0 bridgehead atoms. The predicted octanol–water partition coefficient (Wildman–Crippen LogP) is 3.59. The second kappa shape index (κ2) is 9.63. The fourth-order valence-corrected chi connectivity index (χ4v) is 4.00. The summed E-state index contributed by atoms with van der Waals surface area (Å²) in [7, 11) is 0. The molecule has 0 amide bonds. The van der Waals surface area contributed by atoms with E-state index in [1.165, 1.54) is 18.2 Å². The van der Waals surface area contributed by atoms with E-state index < -0.39 is 22.8 Å². The molecule has 1 heterocycles. The van der Waals surface area contributed by atoms with Crippen molar-refractivity contribution in [3.63, 3.8) is 0 Å². The molecule has 1 atom stereocenters. The molecule has 1 aromatic rings. The Balaban J connectivity index is 2.06. The van der Waals surface area contributed by atoms with Crippen LogP contribution in [0.3, 0.4) is 0 Å². The van der Waals surface area contributed by atoms with Gasteiger partial charge in [-0.2, -0.15) is 0 Å². The summed E-state index contributed by atoms with van der Waals surface area (Å²) in [4.78, 5) is 36.7. The molecule has 31 heavy (non-hydrogen) atoms. The molecule has 1 aliphatic carbocycles. The number of nitrogens with zero attached hydrogens (tertiary/aromatic N) is 1. The average Bonchev–Trinajstić information content (AvgIpc) is 2.74. The third-order valence-electron chi connectivity index (χ3n) is 5.44. The maximum atomic E-state index is 13.2. The molecule has 1 unspecified atom stereocenters. The monoisotopic (exact) mass is 430 g/mol. The number of nitrogens with two attached hydrogens (primary N) is 1. The first-order valence-electron chi connectivity index (χ1n) is 10.3. The summed E-state index contributed by atoms with van der Waals surface area (Å²) >= 11 is 0. The number of benzene rings is 1. The first-order valence-corrected chi connectivity index (χ1v) is 10.3. The van der Waals surface area contributed by atoms with Crippen LogP contribution >= 0.6 is 0 Å². The fraction of sp³-hybridized carbons (Fsp3) is 0.455. The van der Waals surface area contributed by atoms with Gasteiger partial charge in [-0.25, -0.2) is 9.59 Å². The maximum Gasteiger partial charge on any atom is 0.340 e. The number of ether oxygens (including phenoxy) is 3. The smallest absolute Gasteiger partial charge is 0.340 e. The topological polar surface area (TPSA) is 131 Å². The Morgan fingerprint density at radius 3 is 2.55 bits per heavy atom. The molecule has 2 N–H and O–H groups in total. The van der Waals surface area contributed by atoms with Crippen molar-refractivity contribution in [3.05, 3.63) is 62.7 Å². The highest BCUT2D eigenvalue weighted by Gasteiger charge is 2.41. The lowest BCUT2D eigenvalue weighted by atomic mass is 9.82. The largest absolute Gasteiger partial charge is 0.462 e. The molecule has 1 fully saturated rings. The number of allylic oxidation sites excluding steroid dienone is 1. The predicted molar refractivity (Wildman–Crippen MR) is 110 cm³/mol. The van der Waals surface area contributed by atoms with Crippen LogP contribution in [0.5, 0.6) is 0 Å². The molecule has 0 radical (unpaired) electrons.